The van der Waals surface area contributed by atoms with Crippen molar-refractivity contribution in [2.24, 2.45) is 0 Å². The van der Waals surface area contributed by atoms with E-state index in [9.17, 15) is 18.4 Å². The molecule has 2 heterocycles. The van der Waals surface area contributed by atoms with Gasteiger partial charge in [-0.1, -0.05) is 12.1 Å². The van der Waals surface area contributed by atoms with Crippen LogP contribution in [0.4, 0.5) is 19.3 Å². The van der Waals surface area contributed by atoms with Crippen LogP contribution in [0.1, 0.15) is 23.2 Å². The molecule has 0 unspecified atom stereocenters. The van der Waals surface area contributed by atoms with Gasteiger partial charge in [-0.25, -0.2) is 13.6 Å². The number of benzene rings is 2. The minimum Gasteiger partial charge on any atom is -0.338 e. The lowest BCUT2D eigenvalue weighted by Gasteiger charge is -2.36. The van der Waals surface area contributed by atoms with Gasteiger partial charge in [0.25, 0.3) is 5.91 Å². The molecule has 0 radical (unpaired) electrons. The van der Waals surface area contributed by atoms with Gasteiger partial charge in [-0.2, -0.15) is 0 Å². The third-order valence-corrected chi connectivity index (χ3v) is 6.84. The molecule has 1 aromatic heterocycles. The number of hydrogen-bond donors (Lipinski definition) is 1. The van der Waals surface area contributed by atoms with Gasteiger partial charge in [0.15, 0.2) is 0 Å². The molecule has 0 aliphatic carbocycles. The summed E-state index contributed by atoms with van der Waals surface area (Å²) in [7, 11) is 1.73. The van der Waals surface area contributed by atoms with Crippen molar-refractivity contribution in [2.75, 3.05) is 25.5 Å². The number of nitrogens with zero attached hydrogens (tertiary/aromatic N) is 3. The maximum atomic E-state index is 13.5. The number of hydrogen-bond acceptors (Lipinski definition) is 3. The first-order valence-electron chi connectivity index (χ1n) is 10.8. The molecule has 176 valence electrons. The van der Waals surface area contributed by atoms with E-state index in [1.165, 1.54) is 18.3 Å². The molecule has 0 saturated carbocycles. The van der Waals surface area contributed by atoms with E-state index >= 15 is 0 Å². The van der Waals surface area contributed by atoms with Crippen LogP contribution < -0.4 is 5.32 Å². The second-order valence-electron chi connectivity index (χ2n) is 8.13. The Kier molecular flexibility index (Phi) is 7.40. The van der Waals surface area contributed by atoms with Gasteiger partial charge in [0, 0.05) is 41.4 Å². The van der Waals surface area contributed by atoms with Gasteiger partial charge in [-0.3, -0.25) is 9.78 Å². The first kappa shape index (κ1) is 24.1. The molecule has 1 N–H and O–H groups in total. The standard InChI is InChI=1S/C25H23F2IN4O2/c1-31(20-8-10-32(11-9-20)24(33)21-4-2-3-5-22(21)28)25(34)30-19-6-7-23(29-15-19)16-12-17(26)14-18(27)13-16/h2-7,12-15,20H,8-11H2,1H3,(H,30,34). The van der Waals surface area contributed by atoms with E-state index < -0.39 is 11.6 Å². The molecule has 2 aromatic carbocycles. The third-order valence-electron chi connectivity index (χ3n) is 5.90. The molecule has 1 saturated heterocycles. The Morgan fingerprint density at radius 1 is 1.06 bits per heavy atom. The van der Waals surface area contributed by atoms with E-state index in [4.69, 9.17) is 0 Å². The summed E-state index contributed by atoms with van der Waals surface area (Å²) in [5.74, 6) is -1.34. The van der Waals surface area contributed by atoms with Gasteiger partial charge in [-0.15, -0.1) is 0 Å². The fourth-order valence-corrected chi connectivity index (χ4v) is 4.60. The van der Waals surface area contributed by atoms with Crippen molar-refractivity contribution in [2.45, 2.75) is 18.9 Å². The molecule has 0 spiro atoms. The number of likely N-dealkylation sites (tertiary alicyclic amines) is 1. The molecule has 3 aromatic rings. The number of nitrogens with one attached hydrogen (secondary N) is 1. The lowest BCUT2D eigenvalue weighted by atomic mass is 10.0. The Morgan fingerprint density at radius 2 is 1.74 bits per heavy atom. The molecule has 34 heavy (non-hydrogen) atoms. The predicted octanol–water partition coefficient (Wildman–Crippen LogP) is 5.40. The molecule has 0 bridgehead atoms. The average molecular weight is 576 g/mol. The molecule has 6 nitrogen and oxygen atoms in total. The molecule has 0 atom stereocenters. The highest BCUT2D eigenvalue weighted by Crippen LogP contribution is 2.23. The van der Waals surface area contributed by atoms with Crippen LogP contribution in [0, 0.1) is 15.2 Å². The van der Waals surface area contributed by atoms with E-state index in [0.717, 1.165) is 9.64 Å². The Balaban J connectivity index is 1.33. The van der Waals surface area contributed by atoms with Gasteiger partial charge >= 0.3 is 6.03 Å². The average Bonchev–Trinajstić information content (AvgIpc) is 2.83. The zero-order chi connectivity index (χ0) is 24.2. The van der Waals surface area contributed by atoms with Crippen LogP contribution in [0.3, 0.4) is 0 Å². The lowest BCUT2D eigenvalue weighted by Crippen LogP contribution is -2.48. The first-order valence-corrected chi connectivity index (χ1v) is 11.9. The minimum atomic E-state index is -0.679. The van der Waals surface area contributed by atoms with Crippen molar-refractivity contribution in [3.63, 3.8) is 0 Å². The molecule has 1 aliphatic heterocycles. The van der Waals surface area contributed by atoms with Crippen LogP contribution in [-0.4, -0.2) is 52.9 Å². The van der Waals surface area contributed by atoms with Gasteiger partial charge < -0.3 is 15.1 Å². The highest BCUT2D eigenvalue weighted by atomic mass is 127. The van der Waals surface area contributed by atoms with Crippen molar-refractivity contribution in [3.8, 4) is 11.3 Å². The van der Waals surface area contributed by atoms with Crippen LogP contribution in [0.25, 0.3) is 11.3 Å². The Hall–Kier alpha value is -3.08. The van der Waals surface area contributed by atoms with Crippen molar-refractivity contribution >= 4 is 40.2 Å². The summed E-state index contributed by atoms with van der Waals surface area (Å²) in [4.78, 5) is 33.2. The summed E-state index contributed by atoms with van der Waals surface area (Å²) in [6.07, 6.45) is 2.81. The summed E-state index contributed by atoms with van der Waals surface area (Å²) in [5, 5.41) is 2.80. The largest absolute Gasteiger partial charge is 0.338 e. The molecule has 1 aliphatic rings. The number of aromatic nitrogens is 1. The van der Waals surface area contributed by atoms with E-state index in [1.807, 2.05) is 29.2 Å². The molecule has 4 rings (SSSR count). The maximum absolute atomic E-state index is 13.5. The van der Waals surface area contributed by atoms with Crippen molar-refractivity contribution in [1.29, 1.82) is 0 Å². The van der Waals surface area contributed by atoms with E-state index in [-0.39, 0.29) is 18.0 Å². The van der Waals surface area contributed by atoms with Crippen molar-refractivity contribution in [1.82, 2.24) is 14.8 Å². The van der Waals surface area contributed by atoms with E-state index in [1.54, 1.807) is 24.1 Å². The fourth-order valence-electron chi connectivity index (χ4n) is 3.98. The zero-order valence-corrected chi connectivity index (χ0v) is 20.6. The Morgan fingerprint density at radius 3 is 2.35 bits per heavy atom. The van der Waals surface area contributed by atoms with Gasteiger partial charge in [0.05, 0.1) is 23.1 Å². The Bertz CT molecular complexity index is 1180. The predicted molar refractivity (Wildman–Crippen MR) is 134 cm³/mol. The minimum absolute atomic E-state index is 0.00129. The van der Waals surface area contributed by atoms with Crippen LogP contribution in [0.15, 0.2) is 60.8 Å². The zero-order valence-electron chi connectivity index (χ0n) is 18.5. The first-order chi connectivity index (χ1) is 16.3. The summed E-state index contributed by atoms with van der Waals surface area (Å²) in [5.41, 5.74) is 1.89. The van der Waals surface area contributed by atoms with Gasteiger partial charge in [-0.05, 0) is 71.8 Å². The maximum Gasteiger partial charge on any atom is 0.321 e. The second kappa shape index (κ2) is 10.5. The van der Waals surface area contributed by atoms with E-state index in [2.05, 4.69) is 32.9 Å². The molecular formula is C25H23F2IN4O2. The summed E-state index contributed by atoms with van der Waals surface area (Å²) >= 11 is 2.17. The number of amides is 3. The summed E-state index contributed by atoms with van der Waals surface area (Å²) < 4.78 is 27.8. The fraction of sp³-hybridized carbons (Fsp3) is 0.240. The number of pyridine rings is 1. The third kappa shape index (κ3) is 5.52. The second-order valence-corrected chi connectivity index (χ2v) is 9.30. The van der Waals surface area contributed by atoms with Crippen molar-refractivity contribution in [3.05, 3.63) is 81.6 Å². The van der Waals surface area contributed by atoms with Crippen LogP contribution in [-0.2, 0) is 0 Å². The number of anilines is 1. The Labute approximate surface area is 210 Å². The summed E-state index contributed by atoms with van der Waals surface area (Å²) in [6.45, 7) is 1.15. The molecule has 9 heteroatoms. The molecule has 3 amide bonds. The summed E-state index contributed by atoms with van der Waals surface area (Å²) in [6, 6.07) is 13.7. The highest BCUT2D eigenvalue weighted by molar-refractivity contribution is 14.1. The monoisotopic (exact) mass is 576 g/mol. The molecular weight excluding hydrogens is 553 g/mol. The molecule has 1 fully saturated rings. The number of piperidine rings is 1. The van der Waals surface area contributed by atoms with E-state index in [0.29, 0.717) is 48.4 Å². The number of urea groups is 1. The number of carbonyl (C=O) groups is 2. The SMILES string of the molecule is CN(C(=O)Nc1ccc(-c2cc(F)cc(F)c2)nc1)C1CCN(C(=O)c2ccccc2I)CC1. The van der Waals surface area contributed by atoms with Crippen LogP contribution in [0.2, 0.25) is 0 Å². The topological polar surface area (TPSA) is 65.5 Å². The van der Waals surface area contributed by atoms with Gasteiger partial charge in [0.2, 0.25) is 0 Å². The highest BCUT2D eigenvalue weighted by Gasteiger charge is 2.28. The number of halogens is 3. The van der Waals surface area contributed by atoms with Crippen LogP contribution in [0.5, 0.6) is 0 Å². The smallest absolute Gasteiger partial charge is 0.321 e. The van der Waals surface area contributed by atoms with Gasteiger partial charge in [0.1, 0.15) is 11.6 Å². The normalized spacial score (nSPS) is 14.1. The van der Waals surface area contributed by atoms with Crippen LogP contribution >= 0.6 is 22.6 Å². The number of rotatable bonds is 4. The lowest BCUT2D eigenvalue weighted by molar-refractivity contribution is 0.0670. The van der Waals surface area contributed by atoms with Crippen molar-refractivity contribution < 1.29 is 18.4 Å². The number of carbonyl (C=O) groups excluding carboxylic acids is 2. The quantitative estimate of drug-likeness (QED) is 0.424.